The van der Waals surface area contributed by atoms with Crippen LogP contribution in [0.2, 0.25) is 0 Å². The summed E-state index contributed by atoms with van der Waals surface area (Å²) < 4.78 is 12.6. The van der Waals surface area contributed by atoms with E-state index in [1.807, 2.05) is 33.8 Å². The molecular weight excluding hydrogens is 348 g/mol. The average molecular weight is 370 g/mol. The minimum atomic E-state index is -0.392. The number of ether oxygens (including phenoxy) is 1. The Morgan fingerprint density at radius 2 is 2.15 bits per heavy atom. The van der Waals surface area contributed by atoms with Gasteiger partial charge >= 0.3 is 0 Å². The van der Waals surface area contributed by atoms with Gasteiger partial charge in [-0.3, -0.25) is 4.79 Å². The number of carbonyl (C=O) groups is 1. The molecule has 1 amide bonds. The Bertz CT molecular complexity index is 992. The number of amides is 1. The van der Waals surface area contributed by atoms with E-state index >= 15 is 0 Å². The maximum atomic E-state index is 13.3. The zero-order chi connectivity index (χ0) is 19.1. The quantitative estimate of drug-likeness (QED) is 0.696. The summed E-state index contributed by atoms with van der Waals surface area (Å²) in [7, 11) is 0. The van der Waals surface area contributed by atoms with Crippen molar-refractivity contribution in [3.63, 3.8) is 0 Å². The maximum absolute atomic E-state index is 13.3. The first-order valence-corrected chi connectivity index (χ1v) is 9.00. The molecule has 0 spiro atoms. The monoisotopic (exact) mass is 370 g/mol. The smallest absolute Gasteiger partial charge is 0.258 e. The van der Waals surface area contributed by atoms with Crippen LogP contribution in [0.4, 0.5) is 0 Å². The number of morpholine rings is 1. The van der Waals surface area contributed by atoms with Gasteiger partial charge in [-0.25, -0.2) is 9.50 Å². The fourth-order valence-corrected chi connectivity index (χ4v) is 3.21. The van der Waals surface area contributed by atoms with E-state index in [0.29, 0.717) is 37.0 Å². The number of fused-ring (bicyclic) bond motifs is 1. The molecule has 1 unspecified atom stereocenters. The number of aromatic nitrogens is 5. The van der Waals surface area contributed by atoms with Crippen molar-refractivity contribution in [3.05, 3.63) is 40.9 Å². The lowest BCUT2D eigenvalue weighted by Crippen LogP contribution is -2.44. The van der Waals surface area contributed by atoms with Crippen LogP contribution in [0, 0.1) is 13.8 Å². The molecular formula is C18H22N6O3. The number of hydrogen-bond donors (Lipinski definition) is 0. The Balaban J connectivity index is 1.69. The summed E-state index contributed by atoms with van der Waals surface area (Å²) in [6.45, 7) is 8.98. The van der Waals surface area contributed by atoms with Crippen LogP contribution in [0.1, 0.15) is 59.3 Å². The van der Waals surface area contributed by atoms with Gasteiger partial charge in [-0.1, -0.05) is 19.0 Å². The van der Waals surface area contributed by atoms with Gasteiger partial charge in [0, 0.05) is 24.7 Å². The van der Waals surface area contributed by atoms with E-state index < -0.39 is 6.04 Å². The third-order valence-corrected chi connectivity index (χ3v) is 4.72. The van der Waals surface area contributed by atoms with Crippen molar-refractivity contribution < 1.29 is 14.1 Å². The Kier molecular flexibility index (Phi) is 4.39. The molecule has 27 heavy (non-hydrogen) atoms. The largest absolute Gasteiger partial charge is 0.377 e. The maximum Gasteiger partial charge on any atom is 0.258 e. The van der Waals surface area contributed by atoms with Crippen LogP contribution in [-0.4, -0.2) is 55.3 Å². The van der Waals surface area contributed by atoms with Crippen LogP contribution >= 0.6 is 0 Å². The fraction of sp³-hybridized carbons (Fsp3) is 0.500. The van der Waals surface area contributed by atoms with Gasteiger partial charge in [-0.15, -0.1) is 0 Å². The van der Waals surface area contributed by atoms with Crippen molar-refractivity contribution in [2.24, 2.45) is 0 Å². The summed E-state index contributed by atoms with van der Waals surface area (Å²) in [4.78, 5) is 23.9. The molecule has 142 valence electrons. The van der Waals surface area contributed by atoms with Gasteiger partial charge in [0.1, 0.15) is 6.04 Å². The first-order valence-electron chi connectivity index (χ1n) is 9.00. The summed E-state index contributed by atoms with van der Waals surface area (Å²) >= 11 is 0. The zero-order valence-electron chi connectivity index (χ0n) is 15.8. The van der Waals surface area contributed by atoms with E-state index in [1.165, 1.54) is 0 Å². The van der Waals surface area contributed by atoms with Crippen molar-refractivity contribution >= 4 is 11.6 Å². The lowest BCUT2D eigenvalue weighted by atomic mass is 10.1. The number of nitrogens with zero attached hydrogens (tertiary/aromatic N) is 6. The Labute approximate surface area is 156 Å². The molecule has 0 saturated carbocycles. The highest BCUT2D eigenvalue weighted by Gasteiger charge is 2.34. The second kappa shape index (κ2) is 6.73. The predicted molar refractivity (Wildman–Crippen MR) is 95.4 cm³/mol. The van der Waals surface area contributed by atoms with Crippen molar-refractivity contribution in [2.75, 3.05) is 19.8 Å². The molecule has 9 nitrogen and oxygen atoms in total. The highest BCUT2D eigenvalue weighted by Crippen LogP contribution is 2.26. The molecule has 1 aliphatic rings. The average Bonchev–Trinajstić information content (AvgIpc) is 3.28. The van der Waals surface area contributed by atoms with Crippen molar-refractivity contribution in [3.8, 4) is 0 Å². The first-order chi connectivity index (χ1) is 13.0. The highest BCUT2D eigenvalue weighted by atomic mass is 16.5. The molecule has 9 heteroatoms. The standard InChI is InChI=1S/C18H22N6O3/c1-10(2)17-20-16(22-27-17)14-9-26-6-5-23(14)18(25)13-8-19-15-7-11(3)21-24(15)12(13)4/h7-8,10,14H,5-6,9H2,1-4H3. The third kappa shape index (κ3) is 3.08. The van der Waals surface area contributed by atoms with E-state index in [4.69, 9.17) is 9.26 Å². The Hall–Kier alpha value is -2.81. The fourth-order valence-electron chi connectivity index (χ4n) is 3.21. The van der Waals surface area contributed by atoms with Gasteiger partial charge in [0.05, 0.1) is 30.2 Å². The molecule has 0 aliphatic carbocycles. The minimum absolute atomic E-state index is 0.122. The van der Waals surface area contributed by atoms with E-state index in [9.17, 15) is 4.79 Å². The van der Waals surface area contributed by atoms with Crippen LogP contribution < -0.4 is 0 Å². The summed E-state index contributed by atoms with van der Waals surface area (Å²) in [5, 5.41) is 8.49. The third-order valence-electron chi connectivity index (χ3n) is 4.72. The number of hydrogen-bond acceptors (Lipinski definition) is 7. The van der Waals surface area contributed by atoms with Gasteiger partial charge < -0.3 is 14.2 Å². The summed E-state index contributed by atoms with van der Waals surface area (Å²) in [5.41, 5.74) is 2.83. The van der Waals surface area contributed by atoms with Crippen LogP contribution in [0.3, 0.4) is 0 Å². The van der Waals surface area contributed by atoms with Crippen LogP contribution in [0.15, 0.2) is 16.8 Å². The van der Waals surface area contributed by atoms with Gasteiger partial charge in [0.2, 0.25) is 5.89 Å². The molecule has 0 bridgehead atoms. The second-order valence-electron chi connectivity index (χ2n) is 7.05. The lowest BCUT2D eigenvalue weighted by Gasteiger charge is -2.33. The molecule has 0 radical (unpaired) electrons. The van der Waals surface area contributed by atoms with Crippen LogP contribution in [-0.2, 0) is 4.74 Å². The molecule has 4 rings (SSSR count). The number of rotatable bonds is 3. The normalized spacial score (nSPS) is 17.8. The van der Waals surface area contributed by atoms with Crippen LogP contribution in [0.5, 0.6) is 0 Å². The van der Waals surface area contributed by atoms with E-state index in [2.05, 4.69) is 20.2 Å². The molecule has 1 fully saturated rings. The summed E-state index contributed by atoms with van der Waals surface area (Å²) in [6.07, 6.45) is 1.61. The number of aryl methyl sites for hydroxylation is 2. The summed E-state index contributed by atoms with van der Waals surface area (Å²) in [6, 6.07) is 1.49. The van der Waals surface area contributed by atoms with Crippen molar-refractivity contribution in [2.45, 2.75) is 39.7 Å². The molecule has 3 aromatic rings. The van der Waals surface area contributed by atoms with Crippen molar-refractivity contribution in [1.29, 1.82) is 0 Å². The SMILES string of the molecule is Cc1cc2ncc(C(=O)N3CCOCC3c3noc(C(C)C)n3)c(C)n2n1. The van der Waals surface area contributed by atoms with Crippen LogP contribution in [0.25, 0.3) is 5.65 Å². The van der Waals surface area contributed by atoms with Gasteiger partial charge in [-0.2, -0.15) is 10.1 Å². The molecule has 4 heterocycles. The van der Waals surface area contributed by atoms with Gasteiger partial charge in [0.15, 0.2) is 11.5 Å². The van der Waals surface area contributed by atoms with E-state index in [-0.39, 0.29) is 11.8 Å². The van der Waals surface area contributed by atoms with E-state index in [0.717, 1.165) is 17.0 Å². The second-order valence-corrected chi connectivity index (χ2v) is 7.05. The molecule has 0 N–H and O–H groups in total. The Morgan fingerprint density at radius 1 is 1.33 bits per heavy atom. The number of carbonyl (C=O) groups excluding carboxylic acids is 1. The molecule has 1 atom stereocenters. The Morgan fingerprint density at radius 3 is 2.89 bits per heavy atom. The van der Waals surface area contributed by atoms with Gasteiger partial charge in [-0.05, 0) is 13.8 Å². The van der Waals surface area contributed by atoms with E-state index in [1.54, 1.807) is 15.6 Å². The topological polar surface area (TPSA) is 98.7 Å². The van der Waals surface area contributed by atoms with Gasteiger partial charge in [0.25, 0.3) is 5.91 Å². The molecule has 1 aliphatic heterocycles. The summed E-state index contributed by atoms with van der Waals surface area (Å²) in [5.74, 6) is 0.999. The predicted octanol–water partition coefficient (Wildman–Crippen LogP) is 2.07. The molecule has 3 aromatic heterocycles. The highest BCUT2D eigenvalue weighted by molar-refractivity contribution is 5.95. The zero-order valence-corrected chi connectivity index (χ0v) is 15.8. The molecule has 1 saturated heterocycles. The lowest BCUT2D eigenvalue weighted by molar-refractivity contribution is -0.00586. The molecule has 0 aromatic carbocycles. The first kappa shape index (κ1) is 17.6. The van der Waals surface area contributed by atoms with Crippen molar-refractivity contribution in [1.82, 2.24) is 29.6 Å². The minimum Gasteiger partial charge on any atom is -0.377 e.